The zero-order valence-corrected chi connectivity index (χ0v) is 13.5. The standard InChI is InChI=1S/C14H26N2O2S/c1-13(2)11(14(13,3)4)12(17)16(8-9-18-5)7-6-10(15)19/h11H,6-9H2,1-5H3,(H2,15,19). The molecule has 0 atom stereocenters. The van der Waals surface area contributed by atoms with Gasteiger partial charge in [-0.15, -0.1) is 0 Å². The van der Waals surface area contributed by atoms with E-state index in [4.69, 9.17) is 22.7 Å². The number of hydrogen-bond acceptors (Lipinski definition) is 3. The highest BCUT2D eigenvalue weighted by atomic mass is 32.1. The Labute approximate surface area is 121 Å². The van der Waals surface area contributed by atoms with Gasteiger partial charge in [-0.2, -0.15) is 0 Å². The van der Waals surface area contributed by atoms with Crippen molar-refractivity contribution in [3.63, 3.8) is 0 Å². The lowest BCUT2D eigenvalue weighted by atomic mass is 10.0. The van der Waals surface area contributed by atoms with Crippen molar-refractivity contribution in [2.45, 2.75) is 34.1 Å². The Kier molecular flexibility index (Phi) is 4.96. The molecule has 1 aliphatic carbocycles. The summed E-state index contributed by atoms with van der Waals surface area (Å²) in [5.41, 5.74) is 5.64. The van der Waals surface area contributed by atoms with Crippen molar-refractivity contribution < 1.29 is 9.53 Å². The maximum absolute atomic E-state index is 12.6. The van der Waals surface area contributed by atoms with E-state index in [-0.39, 0.29) is 22.7 Å². The van der Waals surface area contributed by atoms with Crippen molar-refractivity contribution in [1.82, 2.24) is 4.90 Å². The van der Waals surface area contributed by atoms with E-state index in [1.807, 2.05) is 4.90 Å². The molecule has 5 heteroatoms. The molecule has 0 aromatic heterocycles. The summed E-state index contributed by atoms with van der Waals surface area (Å²) in [7, 11) is 1.64. The molecule has 0 aromatic rings. The van der Waals surface area contributed by atoms with Crippen LogP contribution in [0, 0.1) is 16.7 Å². The van der Waals surface area contributed by atoms with Crippen molar-refractivity contribution >= 4 is 23.1 Å². The summed E-state index contributed by atoms with van der Waals surface area (Å²) in [6.07, 6.45) is 0.568. The van der Waals surface area contributed by atoms with Gasteiger partial charge in [-0.25, -0.2) is 0 Å². The minimum atomic E-state index is 0.0542. The normalized spacial score (nSPS) is 20.1. The number of carbonyl (C=O) groups excluding carboxylic acids is 1. The number of amides is 1. The number of rotatable bonds is 7. The minimum Gasteiger partial charge on any atom is -0.393 e. The molecule has 4 nitrogen and oxygen atoms in total. The second-order valence-corrected chi connectivity index (χ2v) is 6.94. The summed E-state index contributed by atoms with van der Waals surface area (Å²) < 4.78 is 5.08. The van der Waals surface area contributed by atoms with Gasteiger partial charge in [0.2, 0.25) is 5.91 Å². The molecule has 0 aliphatic heterocycles. The summed E-state index contributed by atoms with van der Waals surface area (Å²) in [6, 6.07) is 0. The molecule has 0 unspecified atom stereocenters. The third-order valence-electron chi connectivity index (χ3n) is 4.77. The van der Waals surface area contributed by atoms with Gasteiger partial charge in [-0.05, 0) is 10.8 Å². The lowest BCUT2D eigenvalue weighted by molar-refractivity contribution is -0.134. The molecule has 0 spiro atoms. The Morgan fingerprint density at radius 1 is 1.26 bits per heavy atom. The molecule has 0 bridgehead atoms. The fourth-order valence-corrected chi connectivity index (χ4v) is 2.87. The summed E-state index contributed by atoms with van der Waals surface area (Å²) >= 11 is 4.89. The fraction of sp³-hybridized carbons (Fsp3) is 0.857. The number of nitrogens with two attached hydrogens (primary N) is 1. The average molecular weight is 286 g/mol. The predicted molar refractivity (Wildman–Crippen MR) is 80.9 cm³/mol. The van der Waals surface area contributed by atoms with Gasteiger partial charge >= 0.3 is 0 Å². The van der Waals surface area contributed by atoms with Crippen LogP contribution in [0.5, 0.6) is 0 Å². The van der Waals surface area contributed by atoms with Crippen molar-refractivity contribution in [3.8, 4) is 0 Å². The first-order valence-corrected chi connectivity index (χ1v) is 7.13. The Bertz CT molecular complexity index is 352. The number of ether oxygens (including phenoxy) is 1. The third-order valence-corrected chi connectivity index (χ3v) is 4.98. The van der Waals surface area contributed by atoms with Gasteiger partial charge in [0.15, 0.2) is 0 Å². The highest BCUT2D eigenvalue weighted by Gasteiger charge is 2.68. The van der Waals surface area contributed by atoms with E-state index >= 15 is 0 Å². The van der Waals surface area contributed by atoms with Crippen LogP contribution in [-0.2, 0) is 9.53 Å². The van der Waals surface area contributed by atoms with Crippen molar-refractivity contribution in [2.75, 3.05) is 26.8 Å². The number of nitrogens with zero attached hydrogens (tertiary/aromatic N) is 1. The highest BCUT2D eigenvalue weighted by Crippen LogP contribution is 2.68. The quantitative estimate of drug-likeness (QED) is 0.725. The Morgan fingerprint density at radius 3 is 2.16 bits per heavy atom. The Hall–Kier alpha value is -0.680. The van der Waals surface area contributed by atoms with Gasteiger partial charge in [0, 0.05) is 32.5 Å². The summed E-state index contributed by atoms with van der Waals surface area (Å²) in [5.74, 6) is 0.270. The Morgan fingerprint density at radius 2 is 1.79 bits per heavy atom. The van der Waals surface area contributed by atoms with Crippen LogP contribution in [-0.4, -0.2) is 42.6 Å². The van der Waals surface area contributed by atoms with E-state index < -0.39 is 0 Å². The highest BCUT2D eigenvalue weighted by molar-refractivity contribution is 7.80. The molecule has 0 saturated heterocycles. The second-order valence-electron chi connectivity index (χ2n) is 6.41. The number of thiocarbonyl (C=S) groups is 1. The van der Waals surface area contributed by atoms with Gasteiger partial charge in [0.25, 0.3) is 0 Å². The van der Waals surface area contributed by atoms with Crippen LogP contribution < -0.4 is 5.73 Å². The van der Waals surface area contributed by atoms with Crippen molar-refractivity contribution in [3.05, 3.63) is 0 Å². The molecule has 19 heavy (non-hydrogen) atoms. The van der Waals surface area contributed by atoms with Crippen LogP contribution in [0.1, 0.15) is 34.1 Å². The molecule has 2 N–H and O–H groups in total. The minimum absolute atomic E-state index is 0.0542. The molecular weight excluding hydrogens is 260 g/mol. The van der Waals surface area contributed by atoms with E-state index in [0.717, 1.165) is 0 Å². The van der Waals surface area contributed by atoms with E-state index in [9.17, 15) is 4.79 Å². The number of methoxy groups -OCH3 is 1. The zero-order valence-electron chi connectivity index (χ0n) is 12.7. The summed E-state index contributed by atoms with van der Waals surface area (Å²) in [5, 5.41) is 0. The molecule has 1 aliphatic rings. The fourth-order valence-electron chi connectivity index (χ4n) is 2.78. The van der Waals surface area contributed by atoms with Crippen LogP contribution in [0.15, 0.2) is 0 Å². The molecule has 1 saturated carbocycles. The topological polar surface area (TPSA) is 55.6 Å². The smallest absolute Gasteiger partial charge is 0.226 e. The van der Waals surface area contributed by atoms with Gasteiger partial charge in [-0.3, -0.25) is 4.79 Å². The zero-order chi connectivity index (χ0) is 14.8. The van der Waals surface area contributed by atoms with Crippen molar-refractivity contribution in [2.24, 2.45) is 22.5 Å². The molecule has 1 amide bonds. The maximum Gasteiger partial charge on any atom is 0.226 e. The van der Waals surface area contributed by atoms with E-state index in [0.29, 0.717) is 31.1 Å². The monoisotopic (exact) mass is 286 g/mol. The number of hydrogen-bond donors (Lipinski definition) is 1. The van der Waals surface area contributed by atoms with E-state index in [1.165, 1.54) is 0 Å². The van der Waals surface area contributed by atoms with Crippen LogP contribution in [0.2, 0.25) is 0 Å². The van der Waals surface area contributed by atoms with Crippen molar-refractivity contribution in [1.29, 1.82) is 0 Å². The SMILES string of the molecule is COCCN(CCC(N)=S)C(=O)C1C(C)(C)C1(C)C. The van der Waals surface area contributed by atoms with Gasteiger partial charge < -0.3 is 15.4 Å². The van der Waals surface area contributed by atoms with Gasteiger partial charge in [0.05, 0.1) is 11.6 Å². The molecule has 1 rings (SSSR count). The third kappa shape index (κ3) is 3.26. The molecular formula is C14H26N2O2S. The average Bonchev–Trinajstić information content (AvgIpc) is 2.68. The van der Waals surface area contributed by atoms with E-state index in [2.05, 4.69) is 27.7 Å². The molecule has 0 radical (unpaired) electrons. The lowest BCUT2D eigenvalue weighted by Crippen LogP contribution is -2.38. The lowest BCUT2D eigenvalue weighted by Gasteiger charge is -2.23. The summed E-state index contributed by atoms with van der Waals surface area (Å²) in [6.45, 7) is 10.3. The molecule has 0 heterocycles. The second kappa shape index (κ2) is 5.75. The Balaban J connectivity index is 2.70. The van der Waals surface area contributed by atoms with Gasteiger partial charge in [-0.1, -0.05) is 39.9 Å². The molecule has 110 valence electrons. The molecule has 1 fully saturated rings. The van der Waals surface area contributed by atoms with Gasteiger partial charge in [0.1, 0.15) is 0 Å². The maximum atomic E-state index is 12.6. The van der Waals surface area contributed by atoms with Crippen LogP contribution in [0.25, 0.3) is 0 Å². The first-order valence-electron chi connectivity index (χ1n) is 6.72. The van der Waals surface area contributed by atoms with Crippen LogP contribution >= 0.6 is 12.2 Å². The van der Waals surface area contributed by atoms with Crippen LogP contribution in [0.4, 0.5) is 0 Å². The largest absolute Gasteiger partial charge is 0.393 e. The van der Waals surface area contributed by atoms with E-state index in [1.54, 1.807) is 7.11 Å². The summed E-state index contributed by atoms with van der Waals surface area (Å²) in [4.78, 5) is 14.9. The predicted octanol–water partition coefficient (Wildman–Crippen LogP) is 1.82. The molecule has 0 aromatic carbocycles. The van der Waals surface area contributed by atoms with Crippen LogP contribution in [0.3, 0.4) is 0 Å². The number of carbonyl (C=O) groups is 1. The first-order chi connectivity index (χ1) is 8.66. The first kappa shape index (κ1) is 16.4.